The van der Waals surface area contributed by atoms with Gasteiger partial charge in [0.15, 0.2) is 6.61 Å². The summed E-state index contributed by atoms with van der Waals surface area (Å²) in [6.07, 6.45) is 0. The van der Waals surface area contributed by atoms with Crippen molar-refractivity contribution < 1.29 is 19.1 Å². The summed E-state index contributed by atoms with van der Waals surface area (Å²) >= 11 is 7.17. The molecule has 28 heavy (non-hydrogen) atoms. The van der Waals surface area contributed by atoms with Gasteiger partial charge in [0.25, 0.3) is 5.91 Å². The van der Waals surface area contributed by atoms with Crippen LogP contribution in [0.3, 0.4) is 0 Å². The number of ether oxygens (including phenoxy) is 2. The van der Waals surface area contributed by atoms with E-state index < -0.39 is 18.5 Å². The first kappa shape index (κ1) is 19.9. The Morgan fingerprint density at radius 3 is 2.64 bits per heavy atom. The first-order valence-corrected chi connectivity index (χ1v) is 9.50. The monoisotopic (exact) mass is 416 g/mol. The van der Waals surface area contributed by atoms with E-state index in [0.29, 0.717) is 27.0 Å². The second-order valence-electron chi connectivity index (χ2n) is 5.77. The number of nitrogens with zero attached hydrogens (tertiary/aromatic N) is 1. The number of aryl methyl sites for hydroxylation is 1. The number of benzene rings is 2. The van der Waals surface area contributed by atoms with Crippen molar-refractivity contribution in [3.63, 3.8) is 0 Å². The van der Waals surface area contributed by atoms with E-state index in [4.69, 9.17) is 21.1 Å². The molecule has 0 aliphatic rings. The molecule has 0 saturated carbocycles. The molecule has 144 valence electrons. The minimum absolute atomic E-state index is 0.368. The number of rotatable bonds is 6. The number of hydrogen-bond acceptors (Lipinski definition) is 6. The van der Waals surface area contributed by atoms with Crippen LogP contribution in [-0.4, -0.2) is 30.6 Å². The van der Waals surface area contributed by atoms with Crippen LogP contribution in [0.2, 0.25) is 5.02 Å². The number of hydrogen-bond donors (Lipinski definition) is 1. The van der Waals surface area contributed by atoms with Crippen molar-refractivity contribution in [1.82, 2.24) is 4.98 Å². The average Bonchev–Trinajstić information content (AvgIpc) is 3.09. The van der Waals surface area contributed by atoms with Crippen LogP contribution in [0.25, 0.3) is 10.6 Å². The summed E-state index contributed by atoms with van der Waals surface area (Å²) in [7, 11) is 1.48. The molecule has 1 N–H and O–H groups in total. The number of amides is 1. The molecule has 0 radical (unpaired) electrons. The van der Waals surface area contributed by atoms with E-state index in [2.05, 4.69) is 10.3 Å². The maximum atomic E-state index is 12.4. The lowest BCUT2D eigenvalue weighted by Crippen LogP contribution is -2.21. The molecule has 0 saturated heterocycles. The fraction of sp³-hybridized carbons (Fsp3) is 0.150. The first-order valence-electron chi connectivity index (χ1n) is 8.31. The molecule has 0 unspecified atom stereocenters. The molecule has 1 amide bonds. The largest absolute Gasteiger partial charge is 0.495 e. The van der Waals surface area contributed by atoms with Gasteiger partial charge in [-0.15, -0.1) is 11.3 Å². The quantitative estimate of drug-likeness (QED) is 0.595. The third kappa shape index (κ3) is 4.68. The highest BCUT2D eigenvalue weighted by molar-refractivity contribution is 7.17. The van der Waals surface area contributed by atoms with E-state index in [1.54, 1.807) is 25.1 Å². The van der Waals surface area contributed by atoms with Gasteiger partial charge in [-0.25, -0.2) is 9.78 Å². The second-order valence-corrected chi connectivity index (χ2v) is 7.20. The van der Waals surface area contributed by atoms with Crippen LogP contribution in [0.4, 0.5) is 5.69 Å². The number of carbonyl (C=O) groups is 2. The van der Waals surface area contributed by atoms with Gasteiger partial charge in [0.05, 0.1) is 18.5 Å². The van der Waals surface area contributed by atoms with Gasteiger partial charge < -0.3 is 14.8 Å². The molecule has 0 atom stereocenters. The third-order valence-corrected chi connectivity index (χ3v) is 5.19. The Morgan fingerprint density at radius 1 is 1.18 bits per heavy atom. The van der Waals surface area contributed by atoms with Gasteiger partial charge >= 0.3 is 5.97 Å². The zero-order chi connectivity index (χ0) is 20.1. The summed E-state index contributed by atoms with van der Waals surface area (Å²) in [6, 6.07) is 14.4. The van der Waals surface area contributed by atoms with Gasteiger partial charge in [-0.1, -0.05) is 41.9 Å². The van der Waals surface area contributed by atoms with Gasteiger partial charge in [0.2, 0.25) is 0 Å². The van der Waals surface area contributed by atoms with Crippen LogP contribution in [0.15, 0.2) is 48.5 Å². The molecule has 0 bridgehead atoms. The summed E-state index contributed by atoms with van der Waals surface area (Å²) in [6.45, 7) is 1.29. The number of halogens is 1. The molecule has 0 spiro atoms. The van der Waals surface area contributed by atoms with Gasteiger partial charge in [-0.3, -0.25) is 4.79 Å². The van der Waals surface area contributed by atoms with Crippen LogP contribution in [-0.2, 0) is 9.53 Å². The normalized spacial score (nSPS) is 10.4. The molecular weight excluding hydrogens is 400 g/mol. The van der Waals surface area contributed by atoms with Crippen molar-refractivity contribution in [2.24, 2.45) is 0 Å². The predicted octanol–water partition coefficient (Wildman–Crippen LogP) is 4.58. The van der Waals surface area contributed by atoms with Crippen molar-refractivity contribution >= 4 is 40.5 Å². The van der Waals surface area contributed by atoms with E-state index in [9.17, 15) is 9.59 Å². The Morgan fingerprint density at radius 2 is 1.93 bits per heavy atom. The van der Waals surface area contributed by atoms with Crippen molar-refractivity contribution in [3.05, 3.63) is 64.1 Å². The number of nitrogens with one attached hydrogen (secondary N) is 1. The maximum Gasteiger partial charge on any atom is 0.350 e. The first-order chi connectivity index (χ1) is 13.5. The molecule has 1 aromatic heterocycles. The molecule has 2 aromatic carbocycles. The van der Waals surface area contributed by atoms with Gasteiger partial charge in [0, 0.05) is 10.6 Å². The highest BCUT2D eigenvalue weighted by atomic mass is 35.5. The molecule has 0 fully saturated rings. The maximum absolute atomic E-state index is 12.4. The molecule has 6 nitrogen and oxygen atoms in total. The fourth-order valence-electron chi connectivity index (χ4n) is 2.45. The van der Waals surface area contributed by atoms with Crippen molar-refractivity contribution in [1.29, 1.82) is 0 Å². The predicted molar refractivity (Wildman–Crippen MR) is 109 cm³/mol. The van der Waals surface area contributed by atoms with E-state index >= 15 is 0 Å². The van der Waals surface area contributed by atoms with Crippen LogP contribution in [0.5, 0.6) is 5.75 Å². The van der Waals surface area contributed by atoms with Gasteiger partial charge in [-0.05, 0) is 25.1 Å². The lowest BCUT2D eigenvalue weighted by atomic mass is 10.2. The molecule has 0 aliphatic heterocycles. The number of aromatic nitrogens is 1. The van der Waals surface area contributed by atoms with Crippen molar-refractivity contribution in [2.45, 2.75) is 6.92 Å². The van der Waals surface area contributed by atoms with E-state index in [-0.39, 0.29) is 0 Å². The van der Waals surface area contributed by atoms with Crippen molar-refractivity contribution in [2.75, 3.05) is 19.0 Å². The Bertz CT molecular complexity index is 1000. The topological polar surface area (TPSA) is 77.5 Å². The average molecular weight is 417 g/mol. The van der Waals surface area contributed by atoms with Crippen LogP contribution >= 0.6 is 22.9 Å². The summed E-state index contributed by atoms with van der Waals surface area (Å²) in [4.78, 5) is 29.3. The summed E-state index contributed by atoms with van der Waals surface area (Å²) in [5.41, 5.74) is 1.88. The molecular formula is C20H17ClN2O4S. The Balaban J connectivity index is 1.64. The summed E-state index contributed by atoms with van der Waals surface area (Å²) in [5, 5.41) is 3.78. The van der Waals surface area contributed by atoms with E-state index in [0.717, 1.165) is 10.6 Å². The number of carbonyl (C=O) groups excluding carboxylic acids is 2. The smallest absolute Gasteiger partial charge is 0.350 e. The van der Waals surface area contributed by atoms with Crippen molar-refractivity contribution in [3.8, 4) is 16.3 Å². The number of esters is 1. The molecule has 3 rings (SSSR count). The van der Waals surface area contributed by atoms with Crippen LogP contribution in [0, 0.1) is 6.92 Å². The Kier molecular flexibility index (Phi) is 6.28. The van der Waals surface area contributed by atoms with E-state index in [1.165, 1.54) is 18.4 Å². The Hall–Kier alpha value is -2.90. The number of methoxy groups -OCH3 is 1. The zero-order valence-corrected chi connectivity index (χ0v) is 16.8. The van der Waals surface area contributed by atoms with Gasteiger partial charge in [0.1, 0.15) is 15.6 Å². The minimum atomic E-state index is -0.592. The molecule has 3 aromatic rings. The fourth-order valence-corrected chi connectivity index (χ4v) is 3.59. The lowest BCUT2D eigenvalue weighted by Gasteiger charge is -2.10. The number of anilines is 1. The summed E-state index contributed by atoms with van der Waals surface area (Å²) < 4.78 is 10.3. The zero-order valence-electron chi connectivity index (χ0n) is 15.2. The highest BCUT2D eigenvalue weighted by Crippen LogP contribution is 2.29. The van der Waals surface area contributed by atoms with E-state index in [1.807, 2.05) is 30.3 Å². The second kappa shape index (κ2) is 8.86. The van der Waals surface area contributed by atoms with Crippen LogP contribution in [0.1, 0.15) is 15.4 Å². The SMILES string of the molecule is COc1ccc(Cl)cc1NC(=O)COC(=O)c1sc(-c2ccccc2)nc1C. The lowest BCUT2D eigenvalue weighted by molar-refractivity contribution is -0.119. The van der Waals surface area contributed by atoms with Crippen LogP contribution < -0.4 is 10.1 Å². The molecule has 8 heteroatoms. The Labute approximate surface area is 171 Å². The summed E-state index contributed by atoms with van der Waals surface area (Å²) in [5.74, 6) is -0.639. The standard InChI is InChI=1S/C20H17ClN2O4S/c1-12-18(28-19(22-12)13-6-4-3-5-7-13)20(25)27-11-17(24)23-15-10-14(21)8-9-16(15)26-2/h3-10H,11H2,1-2H3,(H,23,24). The number of thiazole rings is 1. The molecule has 1 heterocycles. The minimum Gasteiger partial charge on any atom is -0.495 e. The molecule has 0 aliphatic carbocycles. The van der Waals surface area contributed by atoms with Gasteiger partial charge in [-0.2, -0.15) is 0 Å². The third-order valence-electron chi connectivity index (χ3n) is 3.77. The highest BCUT2D eigenvalue weighted by Gasteiger charge is 2.19.